The molecule has 0 aromatic heterocycles. The largest absolute Gasteiger partial charge is 0.497 e. The molecule has 0 heterocycles. The molecule has 0 amide bonds. The summed E-state index contributed by atoms with van der Waals surface area (Å²) in [4.78, 5) is 0.297. The van der Waals surface area contributed by atoms with Crippen LogP contribution in [0.15, 0.2) is 41.3 Å². The van der Waals surface area contributed by atoms with Crippen molar-refractivity contribution in [3.63, 3.8) is 0 Å². The summed E-state index contributed by atoms with van der Waals surface area (Å²) in [6.45, 7) is 3.62. The lowest BCUT2D eigenvalue weighted by Crippen LogP contribution is -2.35. The van der Waals surface area contributed by atoms with Gasteiger partial charge in [0.1, 0.15) is 11.5 Å². The van der Waals surface area contributed by atoms with E-state index in [4.69, 9.17) is 9.47 Å². The first-order valence-corrected chi connectivity index (χ1v) is 9.63. The van der Waals surface area contributed by atoms with Crippen LogP contribution in [0.2, 0.25) is 0 Å². The summed E-state index contributed by atoms with van der Waals surface area (Å²) in [6, 6.07) is 11.0. The van der Waals surface area contributed by atoms with Crippen LogP contribution in [-0.4, -0.2) is 22.6 Å². The fourth-order valence-electron chi connectivity index (χ4n) is 3.07. The molecule has 0 radical (unpaired) electrons. The van der Waals surface area contributed by atoms with Crippen molar-refractivity contribution in [2.24, 2.45) is 0 Å². The lowest BCUT2D eigenvalue weighted by atomic mass is 10.1. The van der Waals surface area contributed by atoms with Crippen molar-refractivity contribution >= 4 is 10.0 Å². The standard InChI is InChI=1S/C19H23NO4S/c1-13-12-18(14(2)11-17(13)24-4)25(21,22)20-19(9-10-19)15-5-7-16(23-3)8-6-15/h5-8,11-12,20H,9-10H2,1-4H3. The summed E-state index contributed by atoms with van der Waals surface area (Å²) >= 11 is 0. The summed E-state index contributed by atoms with van der Waals surface area (Å²) in [5.41, 5.74) is 1.90. The summed E-state index contributed by atoms with van der Waals surface area (Å²) in [6.07, 6.45) is 1.57. The molecule has 0 atom stereocenters. The van der Waals surface area contributed by atoms with E-state index in [1.165, 1.54) is 0 Å². The summed E-state index contributed by atoms with van der Waals surface area (Å²) in [5, 5.41) is 0. The number of aryl methyl sites for hydroxylation is 2. The Kier molecular flexibility index (Phi) is 4.51. The maximum absolute atomic E-state index is 13.0. The van der Waals surface area contributed by atoms with Crippen molar-refractivity contribution in [1.82, 2.24) is 4.72 Å². The van der Waals surface area contributed by atoms with Gasteiger partial charge in [-0.25, -0.2) is 13.1 Å². The van der Waals surface area contributed by atoms with Gasteiger partial charge in [0.25, 0.3) is 0 Å². The average molecular weight is 361 g/mol. The van der Waals surface area contributed by atoms with Crippen LogP contribution in [0.3, 0.4) is 0 Å². The van der Waals surface area contributed by atoms with E-state index >= 15 is 0 Å². The maximum atomic E-state index is 13.0. The van der Waals surface area contributed by atoms with Gasteiger partial charge in [-0.15, -0.1) is 0 Å². The van der Waals surface area contributed by atoms with Crippen LogP contribution < -0.4 is 14.2 Å². The third-order valence-electron chi connectivity index (χ3n) is 4.70. The first-order chi connectivity index (χ1) is 11.8. The molecule has 0 bridgehead atoms. The number of nitrogens with one attached hydrogen (secondary N) is 1. The number of methoxy groups -OCH3 is 2. The molecule has 25 heavy (non-hydrogen) atoms. The van der Waals surface area contributed by atoms with Gasteiger partial charge in [-0.3, -0.25) is 0 Å². The fourth-order valence-corrected chi connectivity index (χ4v) is 4.83. The molecule has 1 aliphatic rings. The van der Waals surface area contributed by atoms with E-state index in [1.54, 1.807) is 33.3 Å². The Morgan fingerprint density at radius 2 is 1.60 bits per heavy atom. The van der Waals surface area contributed by atoms with E-state index in [0.29, 0.717) is 16.2 Å². The first-order valence-electron chi connectivity index (χ1n) is 8.15. The lowest BCUT2D eigenvalue weighted by molar-refractivity contribution is 0.411. The zero-order valence-corrected chi connectivity index (χ0v) is 15.7. The normalized spacial score (nSPS) is 15.7. The van der Waals surface area contributed by atoms with Crippen molar-refractivity contribution in [3.8, 4) is 11.5 Å². The quantitative estimate of drug-likeness (QED) is 0.857. The Labute approximate surface area is 149 Å². The molecule has 2 aromatic rings. The van der Waals surface area contributed by atoms with Gasteiger partial charge < -0.3 is 9.47 Å². The Hall–Kier alpha value is -2.05. The molecule has 134 valence electrons. The molecule has 2 aromatic carbocycles. The highest BCUT2D eigenvalue weighted by Gasteiger charge is 2.47. The molecule has 0 spiro atoms. The van der Waals surface area contributed by atoms with E-state index in [2.05, 4.69) is 4.72 Å². The van der Waals surface area contributed by atoms with Gasteiger partial charge in [0, 0.05) is 0 Å². The second-order valence-corrected chi connectivity index (χ2v) is 8.15. The summed E-state index contributed by atoms with van der Waals surface area (Å²) < 4.78 is 39.3. The van der Waals surface area contributed by atoms with Crippen LogP contribution in [0.4, 0.5) is 0 Å². The topological polar surface area (TPSA) is 64.6 Å². The second-order valence-electron chi connectivity index (χ2n) is 6.50. The van der Waals surface area contributed by atoms with Crippen LogP contribution in [0.25, 0.3) is 0 Å². The van der Waals surface area contributed by atoms with Gasteiger partial charge in [0.05, 0.1) is 24.7 Å². The van der Waals surface area contributed by atoms with E-state index in [9.17, 15) is 8.42 Å². The van der Waals surface area contributed by atoms with Gasteiger partial charge in [-0.2, -0.15) is 0 Å². The Morgan fingerprint density at radius 3 is 2.12 bits per heavy atom. The highest BCUT2D eigenvalue weighted by Crippen LogP contribution is 2.47. The monoisotopic (exact) mass is 361 g/mol. The molecule has 1 saturated carbocycles. The minimum absolute atomic E-state index is 0.297. The van der Waals surface area contributed by atoms with E-state index in [0.717, 1.165) is 29.7 Å². The predicted octanol–water partition coefficient (Wildman–Crippen LogP) is 3.29. The van der Waals surface area contributed by atoms with E-state index < -0.39 is 15.6 Å². The average Bonchev–Trinajstić information content (AvgIpc) is 3.36. The number of benzene rings is 2. The van der Waals surface area contributed by atoms with Crippen molar-refractivity contribution in [2.45, 2.75) is 37.1 Å². The number of rotatable bonds is 6. The molecule has 0 aliphatic heterocycles. The van der Waals surface area contributed by atoms with Gasteiger partial charge in [-0.05, 0) is 67.6 Å². The van der Waals surface area contributed by atoms with Crippen molar-refractivity contribution in [2.75, 3.05) is 14.2 Å². The van der Waals surface area contributed by atoms with Crippen LogP contribution in [0, 0.1) is 13.8 Å². The number of ether oxygens (including phenoxy) is 2. The molecule has 3 rings (SSSR count). The van der Waals surface area contributed by atoms with Gasteiger partial charge in [0.15, 0.2) is 0 Å². The Balaban J connectivity index is 1.92. The van der Waals surface area contributed by atoms with Gasteiger partial charge in [0.2, 0.25) is 10.0 Å². The molecule has 1 fully saturated rings. The smallest absolute Gasteiger partial charge is 0.241 e. The zero-order valence-electron chi connectivity index (χ0n) is 14.9. The van der Waals surface area contributed by atoms with Crippen molar-refractivity contribution in [1.29, 1.82) is 0 Å². The minimum atomic E-state index is -3.63. The molecule has 1 N–H and O–H groups in total. The first kappa shape index (κ1) is 17.8. The molecule has 6 heteroatoms. The summed E-state index contributed by atoms with van der Waals surface area (Å²) in [7, 11) is -0.443. The molecular formula is C19H23NO4S. The highest BCUT2D eigenvalue weighted by atomic mass is 32.2. The van der Waals surface area contributed by atoms with Gasteiger partial charge >= 0.3 is 0 Å². The molecule has 5 nitrogen and oxygen atoms in total. The Bertz CT molecular complexity index is 884. The molecular weight excluding hydrogens is 338 g/mol. The third-order valence-corrected chi connectivity index (χ3v) is 6.38. The van der Waals surface area contributed by atoms with Gasteiger partial charge in [-0.1, -0.05) is 12.1 Å². The molecule has 1 aliphatic carbocycles. The molecule has 0 saturated heterocycles. The number of hydrogen-bond acceptors (Lipinski definition) is 4. The van der Waals surface area contributed by atoms with Crippen LogP contribution in [0.1, 0.15) is 29.5 Å². The summed E-state index contributed by atoms with van der Waals surface area (Å²) in [5.74, 6) is 1.44. The van der Waals surface area contributed by atoms with E-state index in [1.807, 2.05) is 31.2 Å². The minimum Gasteiger partial charge on any atom is -0.497 e. The van der Waals surface area contributed by atoms with Crippen molar-refractivity contribution < 1.29 is 17.9 Å². The second kappa shape index (κ2) is 6.35. The zero-order chi connectivity index (χ0) is 18.2. The lowest BCUT2D eigenvalue weighted by Gasteiger charge is -2.20. The third kappa shape index (κ3) is 3.37. The van der Waals surface area contributed by atoms with E-state index in [-0.39, 0.29) is 0 Å². The van der Waals surface area contributed by atoms with Crippen molar-refractivity contribution in [3.05, 3.63) is 53.1 Å². The predicted molar refractivity (Wildman–Crippen MR) is 96.7 cm³/mol. The Morgan fingerprint density at radius 1 is 0.960 bits per heavy atom. The maximum Gasteiger partial charge on any atom is 0.241 e. The van der Waals surface area contributed by atoms with Crippen LogP contribution in [-0.2, 0) is 15.6 Å². The number of sulfonamides is 1. The van der Waals surface area contributed by atoms with Crippen LogP contribution >= 0.6 is 0 Å². The SMILES string of the molecule is COc1ccc(C2(NS(=O)(=O)c3cc(C)c(OC)cc3C)CC2)cc1. The molecule has 0 unspecified atom stereocenters. The highest BCUT2D eigenvalue weighted by molar-refractivity contribution is 7.89. The fraction of sp³-hybridized carbons (Fsp3) is 0.368. The number of hydrogen-bond donors (Lipinski definition) is 1. The van der Waals surface area contributed by atoms with Crippen LogP contribution in [0.5, 0.6) is 11.5 Å².